The number of amides is 1. The summed E-state index contributed by atoms with van der Waals surface area (Å²) in [4.78, 5) is 18.1. The Bertz CT molecular complexity index is 764. The van der Waals surface area contributed by atoms with Crippen LogP contribution in [0.4, 0.5) is 0 Å². The van der Waals surface area contributed by atoms with E-state index in [0.717, 1.165) is 18.7 Å². The monoisotopic (exact) mass is 325 g/mol. The van der Waals surface area contributed by atoms with Gasteiger partial charge < -0.3 is 19.5 Å². The molecule has 24 heavy (non-hydrogen) atoms. The summed E-state index contributed by atoms with van der Waals surface area (Å²) >= 11 is 0. The van der Waals surface area contributed by atoms with E-state index in [1.165, 1.54) is 0 Å². The molecule has 1 saturated heterocycles. The van der Waals surface area contributed by atoms with Crippen molar-refractivity contribution in [3.8, 4) is 17.6 Å². The van der Waals surface area contributed by atoms with Gasteiger partial charge in [0.05, 0.1) is 12.8 Å². The number of hydrogen-bond acceptors (Lipinski definition) is 5. The van der Waals surface area contributed by atoms with Crippen LogP contribution in [0.3, 0.4) is 0 Å². The Morgan fingerprint density at radius 1 is 1.50 bits per heavy atom. The maximum absolute atomic E-state index is 12.3. The number of para-hydroxylation sites is 2. The Balaban J connectivity index is 1.63. The molecule has 124 valence electrons. The topological polar surface area (TPSA) is 83.2 Å². The highest BCUT2D eigenvalue weighted by Gasteiger charge is 2.22. The molecular weight excluding hydrogens is 306 g/mol. The van der Waals surface area contributed by atoms with Crippen LogP contribution >= 0.6 is 0 Å². The van der Waals surface area contributed by atoms with Crippen LogP contribution in [0.1, 0.15) is 16.9 Å². The average Bonchev–Trinajstić information content (AvgIpc) is 3.29. The van der Waals surface area contributed by atoms with Gasteiger partial charge in [-0.1, -0.05) is 12.1 Å². The van der Waals surface area contributed by atoms with Crippen LogP contribution in [0, 0.1) is 17.4 Å². The third-order valence-electron chi connectivity index (χ3n) is 4.16. The van der Waals surface area contributed by atoms with Gasteiger partial charge in [-0.15, -0.1) is 0 Å². The zero-order chi connectivity index (χ0) is 16.9. The van der Waals surface area contributed by atoms with Crippen LogP contribution in [-0.4, -0.2) is 47.1 Å². The summed E-state index contributed by atoms with van der Waals surface area (Å²) in [7, 11) is 1.61. The molecule has 1 amide bonds. The first-order chi connectivity index (χ1) is 11.7. The zero-order valence-electron chi connectivity index (χ0n) is 13.5. The normalized spacial score (nSPS) is 16.7. The van der Waals surface area contributed by atoms with Crippen LogP contribution in [-0.2, 0) is 0 Å². The van der Waals surface area contributed by atoms with E-state index in [2.05, 4.69) is 16.5 Å². The van der Waals surface area contributed by atoms with Crippen molar-refractivity contribution in [2.75, 3.05) is 26.7 Å². The standard InChI is InChI=1S/C17H19N5O2/c1-24-16-5-3-2-4-15(16)22-10-14(20-12-22)17(23)19-8-13-6-7-21(9-13)11-18/h2-5,10,12-13H,6-9H2,1H3,(H,19,23)/t13-/m1/s1. The van der Waals surface area contributed by atoms with Gasteiger partial charge >= 0.3 is 0 Å². The molecular formula is C17H19N5O2. The van der Waals surface area contributed by atoms with E-state index in [9.17, 15) is 4.79 Å². The number of rotatable bonds is 5. The summed E-state index contributed by atoms with van der Waals surface area (Å²) in [5, 5.41) is 11.8. The predicted molar refractivity (Wildman–Crippen MR) is 87.7 cm³/mol. The smallest absolute Gasteiger partial charge is 0.271 e. The number of methoxy groups -OCH3 is 1. The second kappa shape index (κ2) is 7.04. The highest BCUT2D eigenvalue weighted by atomic mass is 16.5. The molecule has 0 radical (unpaired) electrons. The van der Waals surface area contributed by atoms with Crippen molar-refractivity contribution in [2.45, 2.75) is 6.42 Å². The first-order valence-corrected chi connectivity index (χ1v) is 7.81. The van der Waals surface area contributed by atoms with Crippen molar-refractivity contribution >= 4 is 5.91 Å². The fraction of sp³-hybridized carbons (Fsp3) is 0.353. The van der Waals surface area contributed by atoms with E-state index in [1.807, 2.05) is 24.3 Å². The van der Waals surface area contributed by atoms with Gasteiger partial charge in [-0.25, -0.2) is 4.98 Å². The fourth-order valence-corrected chi connectivity index (χ4v) is 2.83. The Kier molecular flexibility index (Phi) is 4.66. The molecule has 0 aliphatic carbocycles. The Hall–Kier alpha value is -3.01. The molecule has 1 fully saturated rings. The first-order valence-electron chi connectivity index (χ1n) is 7.81. The van der Waals surface area contributed by atoms with Crippen LogP contribution in [0.15, 0.2) is 36.8 Å². The Morgan fingerprint density at radius 2 is 2.33 bits per heavy atom. The average molecular weight is 325 g/mol. The Morgan fingerprint density at radius 3 is 3.08 bits per heavy atom. The maximum Gasteiger partial charge on any atom is 0.271 e. The SMILES string of the molecule is COc1ccccc1-n1cnc(C(=O)NC[C@H]2CCN(C#N)C2)c1. The van der Waals surface area contributed by atoms with Crippen molar-refractivity contribution in [2.24, 2.45) is 5.92 Å². The number of likely N-dealkylation sites (tertiary alicyclic amines) is 1. The quantitative estimate of drug-likeness (QED) is 0.841. The zero-order valence-corrected chi connectivity index (χ0v) is 13.5. The van der Waals surface area contributed by atoms with Gasteiger partial charge in [-0.3, -0.25) is 4.79 Å². The maximum atomic E-state index is 12.3. The third-order valence-corrected chi connectivity index (χ3v) is 4.16. The van der Waals surface area contributed by atoms with Gasteiger partial charge in [0.1, 0.15) is 17.8 Å². The predicted octanol–water partition coefficient (Wildman–Crippen LogP) is 1.41. The lowest BCUT2D eigenvalue weighted by Gasteiger charge is -2.10. The molecule has 1 aliphatic rings. The highest BCUT2D eigenvalue weighted by molar-refractivity contribution is 5.92. The molecule has 7 nitrogen and oxygen atoms in total. The van der Waals surface area contributed by atoms with Crippen LogP contribution in [0.2, 0.25) is 0 Å². The summed E-state index contributed by atoms with van der Waals surface area (Å²) in [6.07, 6.45) is 6.34. The molecule has 1 N–H and O–H groups in total. The molecule has 1 atom stereocenters. The molecule has 0 unspecified atom stereocenters. The van der Waals surface area contributed by atoms with Crippen molar-refractivity contribution in [1.29, 1.82) is 5.26 Å². The largest absolute Gasteiger partial charge is 0.495 e. The number of aromatic nitrogens is 2. The van der Waals surface area contributed by atoms with Gasteiger partial charge in [0, 0.05) is 25.8 Å². The molecule has 1 aliphatic heterocycles. The minimum absolute atomic E-state index is 0.209. The third kappa shape index (κ3) is 3.33. The molecule has 3 rings (SSSR count). The number of carbonyl (C=O) groups excluding carboxylic acids is 1. The number of carbonyl (C=O) groups is 1. The summed E-state index contributed by atoms with van der Waals surface area (Å²) in [6, 6.07) is 7.55. The van der Waals surface area contributed by atoms with Gasteiger partial charge in [0.15, 0.2) is 6.19 Å². The van der Waals surface area contributed by atoms with Crippen molar-refractivity contribution < 1.29 is 9.53 Å². The van der Waals surface area contributed by atoms with Crippen molar-refractivity contribution in [1.82, 2.24) is 19.8 Å². The summed E-state index contributed by atoms with van der Waals surface area (Å²) < 4.78 is 7.09. The lowest BCUT2D eigenvalue weighted by atomic mass is 10.1. The van der Waals surface area contributed by atoms with E-state index in [4.69, 9.17) is 10.00 Å². The second-order valence-electron chi connectivity index (χ2n) is 5.75. The minimum Gasteiger partial charge on any atom is -0.495 e. The lowest BCUT2D eigenvalue weighted by molar-refractivity contribution is 0.0943. The fourth-order valence-electron chi connectivity index (χ4n) is 2.83. The molecule has 0 spiro atoms. The molecule has 2 aromatic rings. The lowest BCUT2D eigenvalue weighted by Crippen LogP contribution is -2.30. The number of nitrogens with one attached hydrogen (secondary N) is 1. The minimum atomic E-state index is -0.209. The van der Waals surface area contributed by atoms with Crippen molar-refractivity contribution in [3.63, 3.8) is 0 Å². The number of hydrogen-bond donors (Lipinski definition) is 1. The van der Waals surface area contributed by atoms with E-state index < -0.39 is 0 Å². The molecule has 1 aromatic carbocycles. The second-order valence-corrected chi connectivity index (χ2v) is 5.75. The van der Waals surface area contributed by atoms with E-state index >= 15 is 0 Å². The first kappa shape index (κ1) is 15.9. The summed E-state index contributed by atoms with van der Waals surface area (Å²) in [5.74, 6) is 0.813. The van der Waals surface area contributed by atoms with Gasteiger partial charge in [-0.2, -0.15) is 5.26 Å². The van der Waals surface area contributed by atoms with Crippen LogP contribution in [0.25, 0.3) is 5.69 Å². The number of nitrogens with zero attached hydrogens (tertiary/aromatic N) is 4. The molecule has 0 bridgehead atoms. The van der Waals surface area contributed by atoms with E-state index in [-0.39, 0.29) is 5.91 Å². The molecule has 0 saturated carbocycles. The van der Waals surface area contributed by atoms with Gasteiger partial charge in [-0.05, 0) is 24.5 Å². The summed E-state index contributed by atoms with van der Waals surface area (Å²) in [6.45, 7) is 2.02. The van der Waals surface area contributed by atoms with Crippen molar-refractivity contribution in [3.05, 3.63) is 42.5 Å². The number of ether oxygens (including phenoxy) is 1. The molecule has 2 heterocycles. The van der Waals surface area contributed by atoms with Crippen LogP contribution < -0.4 is 10.1 Å². The van der Waals surface area contributed by atoms with Crippen LogP contribution in [0.5, 0.6) is 5.75 Å². The number of nitriles is 1. The van der Waals surface area contributed by atoms with E-state index in [1.54, 1.807) is 29.1 Å². The molecule has 1 aromatic heterocycles. The Labute approximate surface area is 140 Å². The van der Waals surface area contributed by atoms with E-state index in [0.29, 0.717) is 30.5 Å². The van der Waals surface area contributed by atoms with Gasteiger partial charge in [0.25, 0.3) is 5.91 Å². The number of benzene rings is 1. The molecule has 7 heteroatoms. The number of imidazole rings is 1. The summed E-state index contributed by atoms with van der Waals surface area (Å²) in [5.41, 5.74) is 1.18. The van der Waals surface area contributed by atoms with Gasteiger partial charge in [0.2, 0.25) is 0 Å². The highest BCUT2D eigenvalue weighted by Crippen LogP contribution is 2.22.